The van der Waals surface area contributed by atoms with E-state index in [0.717, 1.165) is 44.7 Å². The third kappa shape index (κ3) is 2.84. The summed E-state index contributed by atoms with van der Waals surface area (Å²) in [6.07, 6.45) is 6.48. The van der Waals surface area contributed by atoms with Gasteiger partial charge in [-0.25, -0.2) is 0 Å². The van der Waals surface area contributed by atoms with E-state index in [0.29, 0.717) is 25.4 Å². The fourth-order valence-corrected chi connectivity index (χ4v) is 4.28. The molecule has 1 saturated carbocycles. The quantitative estimate of drug-likeness (QED) is 0.867. The van der Waals surface area contributed by atoms with Gasteiger partial charge in [-0.1, -0.05) is 6.42 Å². The Morgan fingerprint density at radius 1 is 1.33 bits per heavy atom. The van der Waals surface area contributed by atoms with Crippen LogP contribution in [0.15, 0.2) is 6.33 Å². The largest absolute Gasteiger partial charge is 0.389 e. The van der Waals surface area contributed by atoms with Crippen molar-refractivity contribution in [2.45, 2.75) is 44.2 Å². The Kier molecular flexibility index (Phi) is 4.08. The van der Waals surface area contributed by atoms with E-state index in [2.05, 4.69) is 15.1 Å². The maximum Gasteiger partial charge on any atom is 0.225 e. The molecule has 1 amide bonds. The SMILES string of the molecule is Cn1cnnc1CN1CC[C@@]2(O)CCN(C(=O)C3CCC3)C[C@H]2C1. The average molecular weight is 333 g/mol. The van der Waals surface area contributed by atoms with Crippen molar-refractivity contribution < 1.29 is 9.90 Å². The van der Waals surface area contributed by atoms with Crippen molar-refractivity contribution in [3.05, 3.63) is 12.2 Å². The number of rotatable bonds is 3. The predicted octanol–water partition coefficient (Wildman–Crippen LogP) is 0.401. The number of hydrogen-bond donors (Lipinski definition) is 1. The van der Waals surface area contributed by atoms with Crippen LogP contribution in [0.25, 0.3) is 0 Å². The van der Waals surface area contributed by atoms with Crippen molar-refractivity contribution in [1.82, 2.24) is 24.6 Å². The molecule has 0 spiro atoms. The standard InChI is InChI=1S/C17H27N5O2/c1-20-12-18-19-15(20)11-21-7-5-17(24)6-8-22(10-14(17)9-21)16(23)13-3-2-4-13/h12-14,24H,2-11H2,1H3/t14-,17-/m1/s1. The third-order valence-electron chi connectivity index (χ3n) is 6.29. The monoisotopic (exact) mass is 333 g/mol. The smallest absolute Gasteiger partial charge is 0.225 e. The molecule has 1 aliphatic carbocycles. The van der Waals surface area contributed by atoms with E-state index >= 15 is 0 Å². The molecule has 0 aromatic carbocycles. The summed E-state index contributed by atoms with van der Waals surface area (Å²) < 4.78 is 1.94. The molecule has 24 heavy (non-hydrogen) atoms. The van der Waals surface area contributed by atoms with Crippen LogP contribution in [-0.4, -0.2) is 67.4 Å². The van der Waals surface area contributed by atoms with E-state index in [1.807, 2.05) is 16.5 Å². The summed E-state index contributed by atoms with van der Waals surface area (Å²) in [6.45, 7) is 3.85. The van der Waals surface area contributed by atoms with Gasteiger partial charge in [-0.15, -0.1) is 10.2 Å². The number of carbonyl (C=O) groups excluding carboxylic acids is 1. The summed E-state index contributed by atoms with van der Waals surface area (Å²) in [7, 11) is 1.95. The fourth-order valence-electron chi connectivity index (χ4n) is 4.28. The van der Waals surface area contributed by atoms with Crippen molar-refractivity contribution in [3.63, 3.8) is 0 Å². The van der Waals surface area contributed by atoms with Gasteiger partial charge in [-0.3, -0.25) is 9.69 Å². The lowest BCUT2D eigenvalue weighted by molar-refractivity contribution is -0.153. The molecule has 0 unspecified atom stereocenters. The summed E-state index contributed by atoms with van der Waals surface area (Å²) in [4.78, 5) is 16.9. The van der Waals surface area contributed by atoms with E-state index in [-0.39, 0.29) is 11.8 Å². The van der Waals surface area contributed by atoms with E-state index in [1.54, 1.807) is 6.33 Å². The van der Waals surface area contributed by atoms with Gasteiger partial charge in [0.2, 0.25) is 5.91 Å². The van der Waals surface area contributed by atoms with Crippen molar-refractivity contribution in [2.24, 2.45) is 18.9 Å². The summed E-state index contributed by atoms with van der Waals surface area (Å²) in [6, 6.07) is 0. The summed E-state index contributed by atoms with van der Waals surface area (Å²) >= 11 is 0. The van der Waals surface area contributed by atoms with E-state index in [4.69, 9.17) is 0 Å². The second-order valence-electron chi connectivity index (χ2n) is 7.81. The van der Waals surface area contributed by atoms with Crippen LogP contribution in [-0.2, 0) is 18.4 Å². The molecule has 0 radical (unpaired) electrons. The minimum absolute atomic E-state index is 0.136. The molecule has 3 heterocycles. The summed E-state index contributed by atoms with van der Waals surface area (Å²) in [5.41, 5.74) is -0.604. The highest BCUT2D eigenvalue weighted by atomic mass is 16.3. The lowest BCUT2D eigenvalue weighted by Gasteiger charge is -2.50. The zero-order chi connectivity index (χ0) is 16.7. The number of aliphatic hydroxyl groups is 1. The van der Waals surface area contributed by atoms with Crippen LogP contribution in [0.3, 0.4) is 0 Å². The van der Waals surface area contributed by atoms with Crippen LogP contribution < -0.4 is 0 Å². The molecule has 7 heteroatoms. The molecular formula is C17H27N5O2. The lowest BCUT2D eigenvalue weighted by Crippen LogP contribution is -2.61. The van der Waals surface area contributed by atoms with Crippen LogP contribution >= 0.6 is 0 Å². The second kappa shape index (κ2) is 6.11. The number of piperidine rings is 2. The van der Waals surface area contributed by atoms with Gasteiger partial charge in [-0.2, -0.15) is 0 Å². The first-order valence-corrected chi connectivity index (χ1v) is 9.11. The number of fused-ring (bicyclic) bond motifs is 1. The molecule has 2 atom stereocenters. The van der Waals surface area contributed by atoms with Crippen LogP contribution in [0.4, 0.5) is 0 Å². The minimum atomic E-state index is -0.604. The Morgan fingerprint density at radius 2 is 2.12 bits per heavy atom. The molecule has 1 N–H and O–H groups in total. The third-order valence-corrected chi connectivity index (χ3v) is 6.29. The van der Waals surface area contributed by atoms with E-state index < -0.39 is 5.60 Å². The van der Waals surface area contributed by atoms with Gasteiger partial charge < -0.3 is 14.6 Å². The van der Waals surface area contributed by atoms with Crippen molar-refractivity contribution >= 4 is 5.91 Å². The molecule has 7 nitrogen and oxygen atoms in total. The average Bonchev–Trinajstić information content (AvgIpc) is 2.90. The summed E-state index contributed by atoms with van der Waals surface area (Å²) in [5, 5.41) is 19.1. The fraction of sp³-hybridized carbons (Fsp3) is 0.824. The number of aryl methyl sites for hydroxylation is 1. The van der Waals surface area contributed by atoms with Crippen molar-refractivity contribution in [3.8, 4) is 0 Å². The second-order valence-corrected chi connectivity index (χ2v) is 7.81. The van der Waals surface area contributed by atoms with Crippen molar-refractivity contribution in [1.29, 1.82) is 0 Å². The highest BCUT2D eigenvalue weighted by molar-refractivity contribution is 5.79. The maximum atomic E-state index is 12.6. The van der Waals surface area contributed by atoms with Gasteiger partial charge >= 0.3 is 0 Å². The van der Waals surface area contributed by atoms with Crippen LogP contribution in [0.2, 0.25) is 0 Å². The van der Waals surface area contributed by atoms with Gasteiger partial charge in [-0.05, 0) is 25.7 Å². The van der Waals surface area contributed by atoms with Gasteiger partial charge in [0, 0.05) is 45.1 Å². The number of hydrogen-bond acceptors (Lipinski definition) is 5. The van der Waals surface area contributed by atoms with Gasteiger partial charge in [0.05, 0.1) is 12.1 Å². The number of likely N-dealkylation sites (tertiary alicyclic amines) is 2. The number of nitrogens with zero attached hydrogens (tertiary/aromatic N) is 5. The Labute approximate surface area is 142 Å². The highest BCUT2D eigenvalue weighted by Gasteiger charge is 2.46. The lowest BCUT2D eigenvalue weighted by atomic mass is 9.75. The molecular weight excluding hydrogens is 306 g/mol. The first kappa shape index (κ1) is 16.0. The van der Waals surface area contributed by atoms with Gasteiger partial charge in [0.15, 0.2) is 0 Å². The number of amides is 1. The maximum absolute atomic E-state index is 12.6. The van der Waals surface area contributed by atoms with Gasteiger partial charge in [0.1, 0.15) is 12.2 Å². The molecule has 4 rings (SSSR count). The molecule has 2 aliphatic heterocycles. The van der Waals surface area contributed by atoms with Crippen molar-refractivity contribution in [2.75, 3.05) is 26.2 Å². The molecule has 3 aliphatic rings. The van der Waals surface area contributed by atoms with Crippen LogP contribution in [0.1, 0.15) is 37.9 Å². The van der Waals surface area contributed by atoms with Gasteiger partial charge in [0.25, 0.3) is 0 Å². The van der Waals surface area contributed by atoms with Crippen LogP contribution in [0.5, 0.6) is 0 Å². The molecule has 3 fully saturated rings. The Balaban J connectivity index is 1.41. The number of carbonyl (C=O) groups is 1. The molecule has 0 bridgehead atoms. The van der Waals surface area contributed by atoms with E-state index in [1.165, 1.54) is 6.42 Å². The Morgan fingerprint density at radius 3 is 2.79 bits per heavy atom. The zero-order valence-electron chi connectivity index (χ0n) is 14.4. The Bertz CT molecular complexity index is 614. The molecule has 1 aromatic heterocycles. The number of aromatic nitrogens is 3. The molecule has 2 saturated heterocycles. The predicted molar refractivity (Wildman–Crippen MR) is 87.9 cm³/mol. The van der Waals surface area contributed by atoms with E-state index in [9.17, 15) is 9.90 Å². The topological polar surface area (TPSA) is 74.5 Å². The molecule has 1 aromatic rings. The minimum Gasteiger partial charge on any atom is -0.389 e. The first-order chi connectivity index (χ1) is 11.5. The zero-order valence-corrected chi connectivity index (χ0v) is 14.4. The molecule has 132 valence electrons. The van der Waals surface area contributed by atoms with Crippen LogP contribution in [0, 0.1) is 11.8 Å². The Hall–Kier alpha value is -1.47. The normalized spacial score (nSPS) is 31.6. The summed E-state index contributed by atoms with van der Waals surface area (Å²) in [5.74, 6) is 1.64. The first-order valence-electron chi connectivity index (χ1n) is 9.11. The highest BCUT2D eigenvalue weighted by Crippen LogP contribution is 2.37.